The third-order valence-electron chi connectivity index (χ3n) is 6.15. The van der Waals surface area contributed by atoms with Crippen molar-refractivity contribution >= 4 is 16.6 Å². The molecule has 3 fully saturated rings. The first kappa shape index (κ1) is 15.0. The van der Waals surface area contributed by atoms with Gasteiger partial charge in [0.1, 0.15) is 0 Å². The molecule has 0 aliphatic carbocycles. The zero-order valence-corrected chi connectivity index (χ0v) is 14.6. The lowest BCUT2D eigenvalue weighted by Gasteiger charge is -2.50. The summed E-state index contributed by atoms with van der Waals surface area (Å²) in [5.74, 6) is 0.799. The second-order valence-electron chi connectivity index (χ2n) is 7.46. The van der Waals surface area contributed by atoms with Crippen LogP contribution in [0.5, 0.6) is 0 Å². The SMILES string of the molecule is C[C@@H]1[C@H](Nc2ccc(-c3cccc4[nH]ccc34)nc2)C2CCN1CC2. The van der Waals surface area contributed by atoms with Crippen LogP contribution in [-0.2, 0) is 0 Å². The van der Waals surface area contributed by atoms with Crippen LogP contribution in [0.2, 0.25) is 0 Å². The zero-order chi connectivity index (χ0) is 16.8. The third kappa shape index (κ3) is 2.52. The molecule has 0 amide bonds. The summed E-state index contributed by atoms with van der Waals surface area (Å²) in [5, 5.41) is 4.99. The van der Waals surface area contributed by atoms with Gasteiger partial charge in [0, 0.05) is 34.7 Å². The fraction of sp³-hybridized carbons (Fsp3) is 0.381. The van der Waals surface area contributed by atoms with Gasteiger partial charge < -0.3 is 10.3 Å². The number of nitrogens with one attached hydrogen (secondary N) is 2. The molecule has 2 atom stereocenters. The molecule has 4 nitrogen and oxygen atoms in total. The van der Waals surface area contributed by atoms with Crippen molar-refractivity contribution in [3.8, 4) is 11.3 Å². The first-order chi connectivity index (χ1) is 12.3. The topological polar surface area (TPSA) is 44.0 Å². The molecule has 5 heterocycles. The van der Waals surface area contributed by atoms with E-state index in [1.54, 1.807) is 0 Å². The number of piperidine rings is 3. The molecule has 2 bridgehead atoms. The molecule has 3 aliphatic heterocycles. The summed E-state index contributed by atoms with van der Waals surface area (Å²) in [6.45, 7) is 4.89. The van der Waals surface area contributed by atoms with Crippen LogP contribution < -0.4 is 5.32 Å². The number of nitrogens with zero attached hydrogens (tertiary/aromatic N) is 2. The minimum atomic E-state index is 0.545. The Morgan fingerprint density at radius 3 is 2.76 bits per heavy atom. The molecule has 0 unspecified atom stereocenters. The maximum Gasteiger partial charge on any atom is 0.0710 e. The lowest BCUT2D eigenvalue weighted by molar-refractivity contribution is 0.0458. The first-order valence-corrected chi connectivity index (χ1v) is 9.33. The molecule has 128 valence electrons. The number of rotatable bonds is 3. The number of benzene rings is 1. The minimum absolute atomic E-state index is 0.545. The largest absolute Gasteiger partial charge is 0.379 e. The van der Waals surface area contributed by atoms with E-state index < -0.39 is 0 Å². The van der Waals surface area contributed by atoms with Gasteiger partial charge in [-0.25, -0.2) is 0 Å². The van der Waals surface area contributed by atoms with Crippen LogP contribution in [0.3, 0.4) is 0 Å². The van der Waals surface area contributed by atoms with Crippen LogP contribution >= 0.6 is 0 Å². The summed E-state index contributed by atoms with van der Waals surface area (Å²) in [4.78, 5) is 10.6. The number of aromatic amines is 1. The highest BCUT2D eigenvalue weighted by atomic mass is 15.2. The van der Waals surface area contributed by atoms with Crippen LogP contribution in [0.25, 0.3) is 22.2 Å². The Bertz CT molecular complexity index is 872. The second-order valence-corrected chi connectivity index (χ2v) is 7.46. The lowest BCUT2D eigenvalue weighted by atomic mass is 9.79. The molecule has 3 saturated heterocycles. The van der Waals surface area contributed by atoms with Gasteiger partial charge >= 0.3 is 0 Å². The fourth-order valence-corrected chi connectivity index (χ4v) is 4.69. The van der Waals surface area contributed by atoms with Crippen molar-refractivity contribution in [2.45, 2.75) is 31.8 Å². The van der Waals surface area contributed by atoms with Crippen molar-refractivity contribution in [3.05, 3.63) is 48.8 Å². The normalized spacial score (nSPS) is 28.4. The minimum Gasteiger partial charge on any atom is -0.379 e. The number of hydrogen-bond donors (Lipinski definition) is 2. The molecule has 0 radical (unpaired) electrons. The number of pyridine rings is 1. The number of aromatic nitrogens is 2. The van der Waals surface area contributed by atoms with Gasteiger partial charge in [0.25, 0.3) is 0 Å². The second kappa shape index (κ2) is 5.88. The van der Waals surface area contributed by atoms with E-state index in [9.17, 15) is 0 Å². The molecule has 25 heavy (non-hydrogen) atoms. The van der Waals surface area contributed by atoms with Gasteiger partial charge in [0.15, 0.2) is 0 Å². The van der Waals surface area contributed by atoms with E-state index in [1.165, 1.54) is 36.9 Å². The quantitative estimate of drug-likeness (QED) is 0.758. The van der Waals surface area contributed by atoms with Gasteiger partial charge in [-0.05, 0) is 63.0 Å². The molecule has 4 heteroatoms. The maximum atomic E-state index is 4.74. The Labute approximate surface area is 148 Å². The molecule has 2 N–H and O–H groups in total. The number of H-pyrrole nitrogens is 1. The molecular weight excluding hydrogens is 308 g/mol. The fourth-order valence-electron chi connectivity index (χ4n) is 4.69. The number of anilines is 1. The van der Waals surface area contributed by atoms with Crippen LogP contribution in [0, 0.1) is 5.92 Å². The summed E-state index contributed by atoms with van der Waals surface area (Å²) in [7, 11) is 0. The Balaban J connectivity index is 1.40. The Hall–Kier alpha value is -2.33. The monoisotopic (exact) mass is 332 g/mol. The average molecular weight is 332 g/mol. The first-order valence-electron chi connectivity index (χ1n) is 9.33. The predicted molar refractivity (Wildman–Crippen MR) is 103 cm³/mol. The van der Waals surface area contributed by atoms with E-state index in [4.69, 9.17) is 4.98 Å². The summed E-state index contributed by atoms with van der Waals surface area (Å²) in [6.07, 6.45) is 6.62. The Kier molecular flexibility index (Phi) is 3.52. The highest BCUT2D eigenvalue weighted by molar-refractivity contribution is 5.94. The third-order valence-corrected chi connectivity index (χ3v) is 6.15. The highest BCUT2D eigenvalue weighted by Crippen LogP contribution is 2.34. The summed E-state index contributed by atoms with van der Waals surface area (Å²) in [6, 6.07) is 13.9. The van der Waals surface area contributed by atoms with Gasteiger partial charge in [-0.1, -0.05) is 12.1 Å². The number of fused-ring (bicyclic) bond motifs is 4. The van der Waals surface area contributed by atoms with Crippen LogP contribution in [0.1, 0.15) is 19.8 Å². The molecule has 1 aromatic carbocycles. The summed E-state index contributed by atoms with van der Waals surface area (Å²) >= 11 is 0. The summed E-state index contributed by atoms with van der Waals surface area (Å²) in [5.41, 5.74) is 4.50. The van der Waals surface area contributed by atoms with E-state index in [-0.39, 0.29) is 0 Å². The molecule has 6 rings (SSSR count). The van der Waals surface area contributed by atoms with Crippen molar-refractivity contribution in [2.75, 3.05) is 18.4 Å². The smallest absolute Gasteiger partial charge is 0.0710 e. The van der Waals surface area contributed by atoms with Gasteiger partial charge in [-0.3, -0.25) is 9.88 Å². The van der Waals surface area contributed by atoms with Crippen LogP contribution in [0.4, 0.5) is 5.69 Å². The summed E-state index contributed by atoms with van der Waals surface area (Å²) < 4.78 is 0. The Morgan fingerprint density at radius 1 is 1.12 bits per heavy atom. The maximum absolute atomic E-state index is 4.74. The lowest BCUT2D eigenvalue weighted by Crippen LogP contribution is -2.59. The van der Waals surface area contributed by atoms with Crippen LogP contribution in [0.15, 0.2) is 48.8 Å². The Morgan fingerprint density at radius 2 is 2.00 bits per heavy atom. The van der Waals surface area contributed by atoms with Gasteiger partial charge in [-0.2, -0.15) is 0 Å². The van der Waals surface area contributed by atoms with Crippen molar-refractivity contribution in [1.29, 1.82) is 0 Å². The van der Waals surface area contributed by atoms with E-state index in [1.807, 2.05) is 12.4 Å². The van der Waals surface area contributed by atoms with E-state index in [2.05, 4.69) is 58.5 Å². The van der Waals surface area contributed by atoms with Gasteiger partial charge in [-0.15, -0.1) is 0 Å². The van der Waals surface area contributed by atoms with Gasteiger partial charge in [0.05, 0.1) is 17.6 Å². The predicted octanol–water partition coefficient (Wildman–Crippen LogP) is 4.12. The van der Waals surface area contributed by atoms with Crippen molar-refractivity contribution < 1.29 is 0 Å². The van der Waals surface area contributed by atoms with E-state index >= 15 is 0 Å². The molecule has 0 saturated carbocycles. The van der Waals surface area contributed by atoms with Crippen LogP contribution in [-0.4, -0.2) is 40.0 Å². The molecule has 3 aliphatic rings. The highest BCUT2D eigenvalue weighted by Gasteiger charge is 2.39. The molecule has 0 spiro atoms. The molecule has 3 aromatic rings. The van der Waals surface area contributed by atoms with Crippen molar-refractivity contribution in [2.24, 2.45) is 5.92 Å². The molecular formula is C21H24N4. The van der Waals surface area contributed by atoms with Crippen molar-refractivity contribution in [1.82, 2.24) is 14.9 Å². The zero-order valence-electron chi connectivity index (χ0n) is 14.6. The van der Waals surface area contributed by atoms with E-state index in [0.717, 1.165) is 22.8 Å². The van der Waals surface area contributed by atoms with Gasteiger partial charge in [0.2, 0.25) is 0 Å². The van der Waals surface area contributed by atoms with E-state index in [0.29, 0.717) is 12.1 Å². The standard InChI is InChI=1S/C21H24N4/c1-14-21(15-8-11-25(14)12-9-15)24-16-5-6-20(23-13-16)17-3-2-4-19-18(17)7-10-22-19/h2-7,10,13-15,21-22,24H,8-9,11-12H2,1H3/t14-,21+/m1/s1. The molecule has 2 aromatic heterocycles. The number of hydrogen-bond acceptors (Lipinski definition) is 3. The average Bonchev–Trinajstić information content (AvgIpc) is 3.14. The van der Waals surface area contributed by atoms with Crippen molar-refractivity contribution in [3.63, 3.8) is 0 Å².